The van der Waals surface area contributed by atoms with Crippen molar-refractivity contribution in [1.29, 1.82) is 0 Å². The van der Waals surface area contributed by atoms with Crippen molar-refractivity contribution in [2.24, 2.45) is 0 Å². The van der Waals surface area contributed by atoms with Crippen LogP contribution in [-0.2, 0) is 10.3 Å². The van der Waals surface area contributed by atoms with Crippen LogP contribution in [0.3, 0.4) is 0 Å². The Morgan fingerprint density at radius 2 is 1.81 bits per heavy atom. The molecule has 2 nitrogen and oxygen atoms in total. The molecule has 0 aliphatic rings. The number of benzene rings is 1. The van der Waals surface area contributed by atoms with Crippen LogP contribution in [0, 0.1) is 6.92 Å². The molecule has 0 unspecified atom stereocenters. The molecule has 0 amide bonds. The molecule has 0 bridgehead atoms. The maximum absolute atomic E-state index is 6.13. The molecule has 0 aliphatic carbocycles. The molecule has 4 heteroatoms. The molecular formula is C17H29ClO2Si. The lowest BCUT2D eigenvalue weighted by atomic mass is 10.1. The van der Waals surface area contributed by atoms with Crippen LogP contribution in [0.1, 0.15) is 38.3 Å². The minimum atomic E-state index is -1.63. The Kier molecular flexibility index (Phi) is 6.76. The van der Waals surface area contributed by atoms with E-state index in [0.717, 1.165) is 24.3 Å². The summed E-state index contributed by atoms with van der Waals surface area (Å²) in [6.45, 7) is 14.9. The average molecular weight is 329 g/mol. The summed E-state index contributed by atoms with van der Waals surface area (Å²) in [6, 6.07) is 6.07. The predicted molar refractivity (Wildman–Crippen MR) is 94.0 cm³/mol. The van der Waals surface area contributed by atoms with Gasteiger partial charge in [-0.1, -0.05) is 26.8 Å². The van der Waals surface area contributed by atoms with Gasteiger partial charge in [0, 0.05) is 18.9 Å². The van der Waals surface area contributed by atoms with Crippen LogP contribution in [-0.4, -0.2) is 21.5 Å². The molecule has 0 aliphatic heterocycles. The third-order valence-corrected chi connectivity index (χ3v) is 9.11. The SMILES string of the molecule is Cc1cc(OCCCO[Si](C)(C)C(C)(C)C)ccc1CCl. The molecule has 0 saturated heterocycles. The second-order valence-corrected chi connectivity index (χ2v) is 12.1. The summed E-state index contributed by atoms with van der Waals surface area (Å²) >= 11 is 5.86. The van der Waals surface area contributed by atoms with Crippen LogP contribution >= 0.6 is 11.6 Å². The van der Waals surface area contributed by atoms with Crippen LogP contribution in [0.5, 0.6) is 5.75 Å². The number of aryl methyl sites for hydroxylation is 1. The molecule has 0 fully saturated rings. The van der Waals surface area contributed by atoms with E-state index in [1.165, 1.54) is 5.56 Å². The van der Waals surface area contributed by atoms with E-state index in [2.05, 4.69) is 40.8 Å². The van der Waals surface area contributed by atoms with Crippen molar-refractivity contribution in [1.82, 2.24) is 0 Å². The van der Waals surface area contributed by atoms with E-state index < -0.39 is 8.32 Å². The second kappa shape index (κ2) is 7.66. The molecule has 1 aromatic carbocycles. The number of ether oxygens (including phenoxy) is 1. The maximum atomic E-state index is 6.13. The highest BCUT2D eigenvalue weighted by Gasteiger charge is 2.36. The fourth-order valence-electron chi connectivity index (χ4n) is 1.70. The van der Waals surface area contributed by atoms with E-state index >= 15 is 0 Å². The lowest BCUT2D eigenvalue weighted by Crippen LogP contribution is -2.41. The van der Waals surface area contributed by atoms with Gasteiger partial charge >= 0.3 is 0 Å². The zero-order valence-electron chi connectivity index (χ0n) is 14.3. The molecular weight excluding hydrogens is 300 g/mol. The quantitative estimate of drug-likeness (QED) is 0.372. The third kappa shape index (κ3) is 5.65. The van der Waals surface area contributed by atoms with Gasteiger partial charge in [0.2, 0.25) is 0 Å². The summed E-state index contributed by atoms with van der Waals surface area (Å²) in [7, 11) is -1.63. The molecule has 120 valence electrons. The third-order valence-electron chi connectivity index (χ3n) is 4.28. The van der Waals surface area contributed by atoms with E-state index in [0.29, 0.717) is 12.5 Å². The maximum Gasteiger partial charge on any atom is 0.191 e. The highest BCUT2D eigenvalue weighted by Crippen LogP contribution is 2.36. The van der Waals surface area contributed by atoms with E-state index in [1.807, 2.05) is 18.2 Å². The van der Waals surface area contributed by atoms with Gasteiger partial charge in [0.25, 0.3) is 0 Å². The number of hydrogen-bond donors (Lipinski definition) is 0. The molecule has 0 saturated carbocycles. The van der Waals surface area contributed by atoms with Crippen LogP contribution < -0.4 is 4.74 Å². The summed E-state index contributed by atoms with van der Waals surface area (Å²) in [5.41, 5.74) is 2.34. The fourth-order valence-corrected chi connectivity index (χ4v) is 3.09. The van der Waals surface area contributed by atoms with Crippen molar-refractivity contribution in [3.8, 4) is 5.75 Å². The first-order valence-corrected chi connectivity index (χ1v) is 11.0. The summed E-state index contributed by atoms with van der Waals surface area (Å²) in [5, 5.41) is 0.266. The Balaban J connectivity index is 2.34. The Bertz CT molecular complexity index is 453. The molecule has 0 aromatic heterocycles. The van der Waals surface area contributed by atoms with E-state index in [-0.39, 0.29) is 5.04 Å². The Labute approximate surface area is 135 Å². The van der Waals surface area contributed by atoms with Gasteiger partial charge in [0.1, 0.15) is 5.75 Å². The Hall–Kier alpha value is -0.513. The topological polar surface area (TPSA) is 18.5 Å². The van der Waals surface area contributed by atoms with Crippen LogP contribution in [0.15, 0.2) is 18.2 Å². The normalized spacial score (nSPS) is 12.5. The minimum absolute atomic E-state index is 0.266. The number of rotatable bonds is 7. The smallest absolute Gasteiger partial charge is 0.191 e. The van der Waals surface area contributed by atoms with Crippen molar-refractivity contribution in [2.45, 2.75) is 58.1 Å². The van der Waals surface area contributed by atoms with Crippen molar-refractivity contribution in [3.05, 3.63) is 29.3 Å². The van der Waals surface area contributed by atoms with Gasteiger partial charge in [0.05, 0.1) is 6.61 Å². The summed E-state index contributed by atoms with van der Waals surface area (Å²) < 4.78 is 11.9. The van der Waals surface area contributed by atoms with Crippen LogP contribution in [0.2, 0.25) is 18.1 Å². The number of hydrogen-bond acceptors (Lipinski definition) is 2. The molecule has 0 N–H and O–H groups in total. The summed E-state index contributed by atoms with van der Waals surface area (Å²) in [5.74, 6) is 1.46. The summed E-state index contributed by atoms with van der Waals surface area (Å²) in [6.07, 6.45) is 0.919. The molecule has 0 radical (unpaired) electrons. The summed E-state index contributed by atoms with van der Waals surface area (Å²) in [4.78, 5) is 0. The van der Waals surface area contributed by atoms with E-state index in [1.54, 1.807) is 0 Å². The van der Waals surface area contributed by atoms with Crippen LogP contribution in [0.25, 0.3) is 0 Å². The van der Waals surface area contributed by atoms with Gasteiger partial charge in [0.15, 0.2) is 8.32 Å². The van der Waals surface area contributed by atoms with Gasteiger partial charge < -0.3 is 9.16 Å². The number of alkyl halides is 1. The fraction of sp³-hybridized carbons (Fsp3) is 0.647. The molecule has 21 heavy (non-hydrogen) atoms. The molecule has 1 aromatic rings. The first-order chi connectivity index (χ1) is 9.67. The Morgan fingerprint density at radius 3 is 2.33 bits per heavy atom. The highest BCUT2D eigenvalue weighted by atomic mass is 35.5. The predicted octanol–water partition coefficient (Wildman–Crippen LogP) is 5.52. The average Bonchev–Trinajstić information content (AvgIpc) is 2.37. The van der Waals surface area contributed by atoms with Gasteiger partial charge in [-0.25, -0.2) is 0 Å². The molecule has 0 heterocycles. The standard InChI is InChI=1S/C17H29ClO2Si/c1-14-12-16(9-8-15(14)13-18)19-10-7-11-20-21(5,6)17(2,3)4/h8-9,12H,7,10-11,13H2,1-6H3. The van der Waals surface area contributed by atoms with E-state index in [9.17, 15) is 0 Å². The molecule has 1 rings (SSSR count). The first kappa shape index (κ1) is 18.5. The second-order valence-electron chi connectivity index (χ2n) is 7.03. The lowest BCUT2D eigenvalue weighted by Gasteiger charge is -2.36. The zero-order valence-corrected chi connectivity index (χ0v) is 16.0. The number of halogens is 1. The van der Waals surface area contributed by atoms with Gasteiger partial charge in [-0.05, 0) is 48.3 Å². The van der Waals surface area contributed by atoms with E-state index in [4.69, 9.17) is 20.8 Å². The minimum Gasteiger partial charge on any atom is -0.494 e. The van der Waals surface area contributed by atoms with Gasteiger partial charge in [-0.3, -0.25) is 0 Å². The van der Waals surface area contributed by atoms with Gasteiger partial charge in [-0.15, -0.1) is 11.6 Å². The monoisotopic (exact) mass is 328 g/mol. The largest absolute Gasteiger partial charge is 0.494 e. The van der Waals surface area contributed by atoms with Gasteiger partial charge in [-0.2, -0.15) is 0 Å². The van der Waals surface area contributed by atoms with Crippen molar-refractivity contribution >= 4 is 19.9 Å². The lowest BCUT2D eigenvalue weighted by molar-refractivity contribution is 0.233. The molecule has 0 atom stereocenters. The van der Waals surface area contributed by atoms with Crippen molar-refractivity contribution in [3.63, 3.8) is 0 Å². The Morgan fingerprint density at radius 1 is 1.14 bits per heavy atom. The zero-order chi connectivity index (χ0) is 16.1. The van der Waals surface area contributed by atoms with Crippen LogP contribution in [0.4, 0.5) is 0 Å². The molecule has 0 spiro atoms. The first-order valence-electron chi connectivity index (χ1n) is 7.59. The highest BCUT2D eigenvalue weighted by molar-refractivity contribution is 6.74. The van der Waals surface area contributed by atoms with Crippen molar-refractivity contribution in [2.75, 3.05) is 13.2 Å². The van der Waals surface area contributed by atoms with Crippen molar-refractivity contribution < 1.29 is 9.16 Å².